The van der Waals surface area contributed by atoms with Crippen molar-refractivity contribution in [2.45, 2.75) is 6.18 Å². The normalized spacial score (nSPS) is 11.6. The molecule has 32 heavy (non-hydrogen) atoms. The Morgan fingerprint density at radius 1 is 0.875 bits per heavy atom. The maximum atomic E-state index is 12.9. The van der Waals surface area contributed by atoms with Gasteiger partial charge in [0, 0.05) is 35.4 Å². The molecule has 0 fully saturated rings. The summed E-state index contributed by atoms with van der Waals surface area (Å²) >= 11 is 0. The van der Waals surface area contributed by atoms with Crippen LogP contribution in [0.25, 0.3) is 33.7 Å². The topological polar surface area (TPSA) is 105 Å². The standard InChI is InChI=1S/C21H13F3N8/c22-21(23,24)18-8-16-17(11-25-18)31-19(30-16)12-3-1-4-14(7-12)29-20-26-9-13(10-27-20)15-5-2-6-28-32-15/h1-11H,(H,30,31)(H,26,27,29). The Kier molecular flexibility index (Phi) is 4.70. The molecular weight excluding hydrogens is 421 g/mol. The number of hydrogen-bond acceptors (Lipinski definition) is 7. The Hall–Kier alpha value is -4.41. The monoisotopic (exact) mass is 434 g/mol. The number of imidazole rings is 1. The van der Waals surface area contributed by atoms with E-state index < -0.39 is 11.9 Å². The second-order valence-corrected chi connectivity index (χ2v) is 6.78. The Labute approximate surface area is 178 Å². The lowest BCUT2D eigenvalue weighted by Gasteiger charge is -2.06. The largest absolute Gasteiger partial charge is 0.433 e. The van der Waals surface area contributed by atoms with E-state index in [-0.39, 0.29) is 5.52 Å². The second kappa shape index (κ2) is 7.69. The van der Waals surface area contributed by atoms with Crippen molar-refractivity contribution >= 4 is 22.7 Å². The summed E-state index contributed by atoms with van der Waals surface area (Å²) < 4.78 is 38.7. The molecular formula is C21H13F3N8. The minimum Gasteiger partial charge on any atom is -0.337 e. The minimum atomic E-state index is -4.53. The molecule has 0 spiro atoms. The van der Waals surface area contributed by atoms with Crippen molar-refractivity contribution in [3.8, 4) is 22.6 Å². The van der Waals surface area contributed by atoms with E-state index in [0.29, 0.717) is 34.2 Å². The lowest BCUT2D eigenvalue weighted by Crippen LogP contribution is -2.07. The molecule has 2 N–H and O–H groups in total. The summed E-state index contributed by atoms with van der Waals surface area (Å²) in [5.41, 5.74) is 2.36. The van der Waals surface area contributed by atoms with Gasteiger partial charge in [0.05, 0.1) is 22.9 Å². The van der Waals surface area contributed by atoms with Gasteiger partial charge in [0.15, 0.2) is 0 Å². The number of nitrogens with zero attached hydrogens (tertiary/aromatic N) is 6. The van der Waals surface area contributed by atoms with Gasteiger partial charge >= 0.3 is 6.18 Å². The zero-order chi connectivity index (χ0) is 22.1. The van der Waals surface area contributed by atoms with Crippen LogP contribution in [0, 0.1) is 0 Å². The Morgan fingerprint density at radius 2 is 1.72 bits per heavy atom. The van der Waals surface area contributed by atoms with Gasteiger partial charge in [-0.2, -0.15) is 23.4 Å². The molecule has 11 heteroatoms. The number of fused-ring (bicyclic) bond motifs is 1. The zero-order valence-electron chi connectivity index (χ0n) is 16.2. The average Bonchev–Trinajstić information content (AvgIpc) is 3.23. The average molecular weight is 434 g/mol. The first-order valence-electron chi connectivity index (χ1n) is 9.36. The van der Waals surface area contributed by atoms with Gasteiger partial charge in [-0.3, -0.25) is 0 Å². The summed E-state index contributed by atoms with van der Waals surface area (Å²) in [6.45, 7) is 0. The van der Waals surface area contributed by atoms with Crippen LogP contribution < -0.4 is 5.32 Å². The van der Waals surface area contributed by atoms with Crippen molar-refractivity contribution in [3.63, 3.8) is 0 Å². The third-order valence-electron chi connectivity index (χ3n) is 4.57. The molecule has 0 aliphatic rings. The highest BCUT2D eigenvalue weighted by molar-refractivity contribution is 5.79. The van der Waals surface area contributed by atoms with E-state index in [1.54, 1.807) is 42.9 Å². The third kappa shape index (κ3) is 3.95. The molecule has 0 saturated heterocycles. The first kappa shape index (κ1) is 19.5. The molecule has 4 heterocycles. The number of rotatable bonds is 4. The molecule has 0 aliphatic heterocycles. The van der Waals surface area contributed by atoms with E-state index in [1.807, 2.05) is 12.1 Å². The quantitative estimate of drug-likeness (QED) is 0.425. The molecule has 8 nitrogen and oxygen atoms in total. The summed E-state index contributed by atoms with van der Waals surface area (Å²) in [5.74, 6) is 0.794. The lowest BCUT2D eigenvalue weighted by molar-refractivity contribution is -0.141. The van der Waals surface area contributed by atoms with E-state index in [1.165, 1.54) is 0 Å². The van der Waals surface area contributed by atoms with Crippen LogP contribution in [-0.4, -0.2) is 35.1 Å². The Morgan fingerprint density at radius 3 is 2.47 bits per heavy atom. The fourth-order valence-corrected chi connectivity index (χ4v) is 3.05. The molecule has 0 aliphatic carbocycles. The second-order valence-electron chi connectivity index (χ2n) is 6.78. The molecule has 0 unspecified atom stereocenters. The number of alkyl halides is 3. The van der Waals surface area contributed by atoms with Gasteiger partial charge in [-0.1, -0.05) is 12.1 Å². The van der Waals surface area contributed by atoms with Crippen molar-refractivity contribution in [1.82, 2.24) is 35.1 Å². The molecule has 0 amide bonds. The molecule has 5 rings (SSSR count). The number of aromatic nitrogens is 7. The number of halogens is 3. The predicted molar refractivity (Wildman–Crippen MR) is 111 cm³/mol. The van der Waals surface area contributed by atoms with Crippen LogP contribution in [0.15, 0.2) is 67.3 Å². The summed E-state index contributed by atoms with van der Waals surface area (Å²) in [4.78, 5) is 19.3. The maximum absolute atomic E-state index is 12.9. The van der Waals surface area contributed by atoms with E-state index in [2.05, 4.69) is 40.4 Å². The fraction of sp³-hybridized carbons (Fsp3) is 0.0476. The number of anilines is 2. The predicted octanol–water partition coefficient (Wildman–Crippen LogP) is 4.63. The number of hydrogen-bond donors (Lipinski definition) is 2. The Bertz CT molecular complexity index is 1380. The minimum absolute atomic E-state index is 0.184. The number of aromatic amines is 1. The van der Waals surface area contributed by atoms with Crippen molar-refractivity contribution in [3.05, 3.63) is 72.9 Å². The van der Waals surface area contributed by atoms with E-state index in [0.717, 1.165) is 17.8 Å². The lowest BCUT2D eigenvalue weighted by atomic mass is 10.2. The summed E-state index contributed by atoms with van der Waals surface area (Å²) in [6.07, 6.45) is 1.45. The van der Waals surface area contributed by atoms with Crippen molar-refractivity contribution < 1.29 is 13.2 Å². The van der Waals surface area contributed by atoms with E-state index >= 15 is 0 Å². The van der Waals surface area contributed by atoms with Gasteiger partial charge in [0.25, 0.3) is 0 Å². The zero-order valence-corrected chi connectivity index (χ0v) is 16.2. The van der Waals surface area contributed by atoms with E-state index in [4.69, 9.17) is 0 Å². The number of nitrogens with one attached hydrogen (secondary N) is 2. The van der Waals surface area contributed by atoms with Crippen molar-refractivity contribution in [2.24, 2.45) is 0 Å². The highest BCUT2D eigenvalue weighted by Gasteiger charge is 2.32. The van der Waals surface area contributed by atoms with Crippen LogP contribution in [0.1, 0.15) is 5.69 Å². The van der Waals surface area contributed by atoms with E-state index in [9.17, 15) is 13.2 Å². The van der Waals surface area contributed by atoms with Gasteiger partial charge in [-0.05, 0) is 30.3 Å². The van der Waals surface area contributed by atoms with Crippen LogP contribution in [0.3, 0.4) is 0 Å². The molecule has 158 valence electrons. The maximum Gasteiger partial charge on any atom is 0.433 e. The van der Waals surface area contributed by atoms with Crippen LogP contribution in [-0.2, 0) is 6.18 Å². The highest BCUT2D eigenvalue weighted by Crippen LogP contribution is 2.30. The van der Waals surface area contributed by atoms with Crippen LogP contribution >= 0.6 is 0 Å². The van der Waals surface area contributed by atoms with Gasteiger partial charge in [0.1, 0.15) is 11.5 Å². The van der Waals surface area contributed by atoms with Crippen molar-refractivity contribution in [1.29, 1.82) is 0 Å². The van der Waals surface area contributed by atoms with Crippen LogP contribution in [0.5, 0.6) is 0 Å². The SMILES string of the molecule is FC(F)(F)c1cc2nc(-c3cccc(Nc4ncc(-c5cccnn5)cn4)c3)[nH]c2cn1. The molecule has 0 radical (unpaired) electrons. The van der Waals surface area contributed by atoms with Gasteiger partial charge in [0.2, 0.25) is 5.95 Å². The van der Waals surface area contributed by atoms with Crippen LogP contribution in [0.2, 0.25) is 0 Å². The first-order valence-corrected chi connectivity index (χ1v) is 9.36. The molecule has 1 aromatic carbocycles. The smallest absolute Gasteiger partial charge is 0.337 e. The molecule has 4 aromatic heterocycles. The van der Waals surface area contributed by atoms with Crippen molar-refractivity contribution in [2.75, 3.05) is 5.32 Å². The molecule has 5 aromatic rings. The van der Waals surface area contributed by atoms with Gasteiger partial charge in [-0.15, -0.1) is 0 Å². The summed E-state index contributed by atoms with van der Waals surface area (Å²) in [5, 5.41) is 10.9. The number of pyridine rings is 1. The van der Waals surface area contributed by atoms with Crippen LogP contribution in [0.4, 0.5) is 24.8 Å². The highest BCUT2D eigenvalue weighted by atomic mass is 19.4. The Balaban J connectivity index is 1.39. The fourth-order valence-electron chi connectivity index (χ4n) is 3.05. The molecule has 0 bridgehead atoms. The summed E-state index contributed by atoms with van der Waals surface area (Å²) in [7, 11) is 0. The number of benzene rings is 1. The third-order valence-corrected chi connectivity index (χ3v) is 4.57. The molecule has 0 saturated carbocycles. The van der Waals surface area contributed by atoms with Gasteiger partial charge < -0.3 is 10.3 Å². The number of H-pyrrole nitrogens is 1. The summed E-state index contributed by atoms with van der Waals surface area (Å²) in [6, 6.07) is 11.7. The molecule has 0 atom stereocenters. The van der Waals surface area contributed by atoms with Gasteiger partial charge in [-0.25, -0.2) is 19.9 Å². The first-order chi connectivity index (χ1) is 15.5.